The highest BCUT2D eigenvalue weighted by molar-refractivity contribution is 8.00. The van der Waals surface area contributed by atoms with Crippen molar-refractivity contribution < 1.29 is 18.7 Å². The van der Waals surface area contributed by atoms with Crippen LogP contribution in [0, 0.1) is 5.82 Å². The third-order valence-corrected chi connectivity index (χ3v) is 5.51. The van der Waals surface area contributed by atoms with Crippen LogP contribution < -0.4 is 5.32 Å². The van der Waals surface area contributed by atoms with Crippen LogP contribution in [0.3, 0.4) is 0 Å². The van der Waals surface area contributed by atoms with Crippen LogP contribution in [0.15, 0.2) is 52.9 Å². The van der Waals surface area contributed by atoms with Gasteiger partial charge < -0.3 is 4.74 Å². The summed E-state index contributed by atoms with van der Waals surface area (Å²) in [4.78, 5) is 23.5. The summed E-state index contributed by atoms with van der Waals surface area (Å²) < 4.78 is 18.3. The molecule has 3 aromatic rings. The fourth-order valence-corrected chi connectivity index (χ4v) is 3.79. The molecule has 0 bridgehead atoms. The lowest BCUT2D eigenvalue weighted by Crippen LogP contribution is -2.11. The smallest absolute Gasteiger partial charge is 0.337 e. The molecule has 0 unspecified atom stereocenters. The molecule has 0 aliphatic heterocycles. The zero-order chi connectivity index (χ0) is 19.2. The maximum Gasteiger partial charge on any atom is 0.337 e. The predicted octanol–water partition coefficient (Wildman–Crippen LogP) is 4.01. The Bertz CT molecular complexity index is 943. The van der Waals surface area contributed by atoms with Gasteiger partial charge in [-0.25, -0.2) is 9.18 Å². The quantitative estimate of drug-likeness (QED) is 0.381. The van der Waals surface area contributed by atoms with E-state index in [1.165, 1.54) is 54.5 Å². The number of carbonyl (C=O) groups excluding carboxylic acids is 2. The number of ether oxygens (including phenoxy) is 1. The van der Waals surface area contributed by atoms with E-state index in [-0.39, 0.29) is 11.9 Å². The van der Waals surface area contributed by atoms with Crippen molar-refractivity contribution in [3.8, 4) is 0 Å². The van der Waals surface area contributed by atoms with E-state index >= 15 is 0 Å². The Morgan fingerprint density at radius 1 is 1.07 bits per heavy atom. The molecule has 9 heteroatoms. The minimum Gasteiger partial charge on any atom is -0.465 e. The van der Waals surface area contributed by atoms with Crippen molar-refractivity contribution >= 4 is 40.1 Å². The molecule has 1 heterocycles. The monoisotopic (exact) mass is 403 g/mol. The Kier molecular flexibility index (Phi) is 6.15. The van der Waals surface area contributed by atoms with Crippen molar-refractivity contribution in [2.75, 3.05) is 12.4 Å². The summed E-state index contributed by atoms with van der Waals surface area (Å²) in [5.74, 6) is -0.510. The topological polar surface area (TPSA) is 81.2 Å². The number of aromatic nitrogens is 2. The van der Waals surface area contributed by atoms with E-state index in [0.29, 0.717) is 26.4 Å². The zero-order valence-electron chi connectivity index (χ0n) is 14.1. The highest BCUT2D eigenvalue weighted by Crippen LogP contribution is 2.28. The van der Waals surface area contributed by atoms with E-state index in [9.17, 15) is 14.0 Å². The van der Waals surface area contributed by atoms with Gasteiger partial charge in [0.1, 0.15) is 5.82 Å². The first kappa shape index (κ1) is 19.0. The first-order valence-electron chi connectivity index (χ1n) is 7.75. The molecule has 0 aliphatic rings. The second-order valence-electron chi connectivity index (χ2n) is 5.31. The first-order valence-corrected chi connectivity index (χ1v) is 9.56. The fraction of sp³-hybridized carbons (Fsp3) is 0.111. The number of carbonyl (C=O) groups is 2. The number of thioether (sulfide) groups is 1. The van der Waals surface area contributed by atoms with E-state index < -0.39 is 5.82 Å². The van der Waals surface area contributed by atoms with E-state index in [0.717, 1.165) is 5.56 Å². The van der Waals surface area contributed by atoms with Gasteiger partial charge >= 0.3 is 5.97 Å². The molecule has 1 N–H and O–H groups in total. The van der Waals surface area contributed by atoms with Crippen molar-refractivity contribution in [2.45, 2.75) is 10.1 Å². The van der Waals surface area contributed by atoms with Gasteiger partial charge in [-0.2, -0.15) is 0 Å². The molecular weight excluding hydrogens is 389 g/mol. The SMILES string of the molecule is COC(=O)c1ccc(CSc2nnc(NC(=O)c3ccc(F)cc3)s2)cc1. The van der Waals surface area contributed by atoms with Gasteiger partial charge in [0.25, 0.3) is 5.91 Å². The van der Waals surface area contributed by atoms with Gasteiger partial charge in [-0.15, -0.1) is 10.2 Å². The van der Waals surface area contributed by atoms with Crippen molar-refractivity contribution in [3.05, 3.63) is 71.0 Å². The highest BCUT2D eigenvalue weighted by atomic mass is 32.2. The number of esters is 1. The molecule has 6 nitrogen and oxygen atoms in total. The third kappa shape index (κ3) is 5.11. The van der Waals surface area contributed by atoms with E-state index in [4.69, 9.17) is 0 Å². The Morgan fingerprint density at radius 3 is 2.41 bits per heavy atom. The molecule has 1 amide bonds. The second-order valence-corrected chi connectivity index (χ2v) is 7.51. The number of hydrogen-bond acceptors (Lipinski definition) is 7. The Labute approximate surface area is 162 Å². The number of amides is 1. The lowest BCUT2D eigenvalue weighted by molar-refractivity contribution is 0.0600. The van der Waals surface area contributed by atoms with Gasteiger partial charge in [-0.05, 0) is 42.0 Å². The van der Waals surface area contributed by atoms with E-state index in [2.05, 4.69) is 20.3 Å². The molecule has 27 heavy (non-hydrogen) atoms. The Balaban J connectivity index is 1.55. The number of anilines is 1. The molecule has 2 aromatic carbocycles. The van der Waals surface area contributed by atoms with Gasteiger partial charge in [-0.3, -0.25) is 10.1 Å². The normalized spacial score (nSPS) is 10.4. The van der Waals surface area contributed by atoms with Gasteiger partial charge in [-0.1, -0.05) is 35.2 Å². The molecule has 1 aromatic heterocycles. The lowest BCUT2D eigenvalue weighted by atomic mass is 10.1. The Morgan fingerprint density at radius 2 is 1.74 bits per heavy atom. The average molecular weight is 403 g/mol. The van der Waals surface area contributed by atoms with Crippen molar-refractivity contribution in [3.63, 3.8) is 0 Å². The summed E-state index contributed by atoms with van der Waals surface area (Å²) in [5.41, 5.74) is 1.85. The fourth-order valence-electron chi connectivity index (χ4n) is 2.09. The summed E-state index contributed by atoms with van der Waals surface area (Å²) in [7, 11) is 1.34. The van der Waals surface area contributed by atoms with Gasteiger partial charge in [0.2, 0.25) is 5.13 Å². The van der Waals surface area contributed by atoms with Crippen LogP contribution in [0.4, 0.5) is 9.52 Å². The van der Waals surface area contributed by atoms with Crippen LogP contribution in [0.25, 0.3) is 0 Å². The summed E-state index contributed by atoms with van der Waals surface area (Å²) in [5, 5.41) is 11.0. The van der Waals surface area contributed by atoms with Crippen LogP contribution in [-0.2, 0) is 10.5 Å². The molecule has 0 spiro atoms. The maximum atomic E-state index is 12.9. The second kappa shape index (κ2) is 8.74. The van der Waals surface area contributed by atoms with Crippen LogP contribution in [0.5, 0.6) is 0 Å². The largest absolute Gasteiger partial charge is 0.465 e. The van der Waals surface area contributed by atoms with Crippen LogP contribution in [-0.4, -0.2) is 29.2 Å². The number of methoxy groups -OCH3 is 1. The Hall–Kier alpha value is -2.78. The molecule has 0 atom stereocenters. The molecule has 0 fully saturated rings. The lowest BCUT2D eigenvalue weighted by Gasteiger charge is -2.02. The molecule has 0 saturated carbocycles. The summed E-state index contributed by atoms with van der Waals surface area (Å²) >= 11 is 2.72. The molecule has 0 radical (unpaired) electrons. The van der Waals surface area contributed by atoms with Crippen LogP contribution in [0.1, 0.15) is 26.3 Å². The average Bonchev–Trinajstić information content (AvgIpc) is 3.14. The molecule has 3 rings (SSSR count). The van der Waals surface area contributed by atoms with Gasteiger partial charge in [0.05, 0.1) is 12.7 Å². The number of nitrogens with zero attached hydrogens (tertiary/aromatic N) is 2. The van der Waals surface area contributed by atoms with Crippen molar-refractivity contribution in [1.29, 1.82) is 0 Å². The molecule has 0 aliphatic carbocycles. The van der Waals surface area contributed by atoms with E-state index in [1.54, 1.807) is 12.1 Å². The maximum absolute atomic E-state index is 12.9. The number of rotatable bonds is 6. The first-order chi connectivity index (χ1) is 13.0. The minimum absolute atomic E-state index is 0.339. The molecular formula is C18H14FN3O3S2. The summed E-state index contributed by atoms with van der Waals surface area (Å²) in [6, 6.07) is 12.4. The van der Waals surface area contributed by atoms with E-state index in [1.807, 2.05) is 12.1 Å². The summed E-state index contributed by atoms with van der Waals surface area (Å²) in [6.45, 7) is 0. The van der Waals surface area contributed by atoms with Gasteiger partial charge in [0, 0.05) is 11.3 Å². The third-order valence-electron chi connectivity index (χ3n) is 3.47. The molecule has 0 saturated heterocycles. The highest BCUT2D eigenvalue weighted by Gasteiger charge is 2.11. The van der Waals surface area contributed by atoms with Crippen LogP contribution >= 0.6 is 23.1 Å². The standard InChI is InChI=1S/C18H14FN3O3S2/c1-25-16(24)13-4-2-11(3-5-13)10-26-18-22-21-17(27-18)20-15(23)12-6-8-14(19)9-7-12/h2-9H,10H2,1H3,(H,20,21,23). The van der Waals surface area contributed by atoms with Crippen molar-refractivity contribution in [1.82, 2.24) is 10.2 Å². The molecule has 138 valence electrons. The predicted molar refractivity (Wildman–Crippen MR) is 102 cm³/mol. The minimum atomic E-state index is -0.402. The number of halogens is 1. The number of nitrogens with one attached hydrogen (secondary N) is 1. The van der Waals surface area contributed by atoms with Crippen LogP contribution in [0.2, 0.25) is 0 Å². The van der Waals surface area contributed by atoms with Gasteiger partial charge in [0.15, 0.2) is 4.34 Å². The summed E-state index contributed by atoms with van der Waals surface area (Å²) in [6.07, 6.45) is 0. The number of benzene rings is 2. The number of hydrogen-bond donors (Lipinski definition) is 1. The van der Waals surface area contributed by atoms with Crippen molar-refractivity contribution in [2.24, 2.45) is 0 Å². The zero-order valence-corrected chi connectivity index (χ0v) is 15.8.